The highest BCUT2D eigenvalue weighted by atomic mass is 16.3. The summed E-state index contributed by atoms with van der Waals surface area (Å²) in [5, 5.41) is 39.0. The van der Waals surface area contributed by atoms with Gasteiger partial charge in [0.05, 0.1) is 5.92 Å². The van der Waals surface area contributed by atoms with Crippen LogP contribution in [0.3, 0.4) is 0 Å². The molecule has 0 aliphatic carbocycles. The molecule has 0 fully saturated rings. The number of phenolic OH excluding ortho intramolecular Hbond substituents is 4. The highest BCUT2D eigenvalue weighted by molar-refractivity contribution is 5.88. The second kappa shape index (κ2) is 5.36. The third-order valence-electron chi connectivity index (χ3n) is 3.48. The van der Waals surface area contributed by atoms with Crippen LogP contribution in [-0.4, -0.2) is 26.2 Å². The van der Waals surface area contributed by atoms with Gasteiger partial charge in [0.1, 0.15) is 28.8 Å². The minimum atomic E-state index is -0.884. The van der Waals surface area contributed by atoms with Crippen molar-refractivity contribution >= 4 is 5.78 Å². The molecule has 0 radical (unpaired) electrons. The van der Waals surface area contributed by atoms with Crippen LogP contribution < -0.4 is 0 Å². The molecule has 0 saturated heterocycles. The van der Waals surface area contributed by atoms with Gasteiger partial charge < -0.3 is 20.4 Å². The van der Waals surface area contributed by atoms with E-state index in [1.807, 2.05) is 0 Å². The molecule has 0 aliphatic rings. The van der Waals surface area contributed by atoms with Gasteiger partial charge in [0.25, 0.3) is 0 Å². The predicted molar refractivity (Wildman–Crippen MR) is 76.8 cm³/mol. The standard InChI is InChI=1S/C16H16O5/c1-8-13(19)6-5-12(16(8)21)15(9(2)17)11-4-3-10(18)7-14(11)20/h3-7,15,18-21H,1-2H3. The number of ketones is 1. The van der Waals surface area contributed by atoms with E-state index in [0.29, 0.717) is 5.56 Å². The molecule has 0 aromatic heterocycles. The monoisotopic (exact) mass is 288 g/mol. The Labute approximate surface area is 121 Å². The van der Waals surface area contributed by atoms with Gasteiger partial charge in [0.2, 0.25) is 0 Å². The Bertz CT molecular complexity index is 706. The number of Topliss-reactive ketones (excluding diaryl/α,β-unsaturated/α-hetero) is 1. The fourth-order valence-corrected chi connectivity index (χ4v) is 2.33. The number of benzene rings is 2. The van der Waals surface area contributed by atoms with Crippen LogP contribution in [-0.2, 0) is 4.79 Å². The van der Waals surface area contributed by atoms with Crippen LogP contribution in [0.2, 0.25) is 0 Å². The Hall–Kier alpha value is -2.69. The second-order valence-corrected chi connectivity index (χ2v) is 4.93. The third-order valence-corrected chi connectivity index (χ3v) is 3.48. The van der Waals surface area contributed by atoms with Crippen molar-refractivity contribution in [3.63, 3.8) is 0 Å². The van der Waals surface area contributed by atoms with Gasteiger partial charge in [0.15, 0.2) is 0 Å². The van der Waals surface area contributed by atoms with Gasteiger partial charge in [0, 0.05) is 22.8 Å². The van der Waals surface area contributed by atoms with E-state index in [1.54, 1.807) is 0 Å². The zero-order valence-corrected chi connectivity index (χ0v) is 11.7. The molecular weight excluding hydrogens is 272 g/mol. The quantitative estimate of drug-likeness (QED) is 0.695. The van der Waals surface area contributed by atoms with Crippen molar-refractivity contribution < 1.29 is 25.2 Å². The van der Waals surface area contributed by atoms with E-state index < -0.39 is 5.92 Å². The highest BCUT2D eigenvalue weighted by Crippen LogP contribution is 2.40. The number of phenols is 4. The number of aromatic hydroxyl groups is 4. The first-order chi connectivity index (χ1) is 9.82. The number of carbonyl (C=O) groups excluding carboxylic acids is 1. The first-order valence-corrected chi connectivity index (χ1v) is 6.36. The molecule has 5 heteroatoms. The largest absolute Gasteiger partial charge is 0.508 e. The van der Waals surface area contributed by atoms with Crippen molar-refractivity contribution in [2.24, 2.45) is 0 Å². The first kappa shape index (κ1) is 14.7. The molecule has 21 heavy (non-hydrogen) atoms. The van der Waals surface area contributed by atoms with E-state index >= 15 is 0 Å². The van der Waals surface area contributed by atoms with E-state index in [4.69, 9.17) is 0 Å². The van der Waals surface area contributed by atoms with Crippen molar-refractivity contribution in [2.75, 3.05) is 0 Å². The van der Waals surface area contributed by atoms with Crippen molar-refractivity contribution in [3.8, 4) is 23.0 Å². The molecule has 0 amide bonds. The van der Waals surface area contributed by atoms with Gasteiger partial charge in [-0.25, -0.2) is 0 Å². The van der Waals surface area contributed by atoms with Gasteiger partial charge in [-0.2, -0.15) is 0 Å². The summed E-state index contributed by atoms with van der Waals surface area (Å²) in [4.78, 5) is 12.0. The molecule has 5 nitrogen and oxygen atoms in total. The maximum absolute atomic E-state index is 12.0. The molecule has 0 heterocycles. The van der Waals surface area contributed by atoms with Crippen molar-refractivity contribution in [2.45, 2.75) is 19.8 Å². The van der Waals surface area contributed by atoms with Gasteiger partial charge in [-0.1, -0.05) is 12.1 Å². The van der Waals surface area contributed by atoms with Crippen LogP contribution >= 0.6 is 0 Å². The topological polar surface area (TPSA) is 98.0 Å². The summed E-state index contributed by atoms with van der Waals surface area (Å²) in [5.41, 5.74) is 0.830. The zero-order chi connectivity index (χ0) is 15.7. The van der Waals surface area contributed by atoms with Crippen LogP contribution in [0.25, 0.3) is 0 Å². The van der Waals surface area contributed by atoms with Crippen LogP contribution in [0, 0.1) is 6.92 Å². The Morgan fingerprint density at radius 2 is 1.57 bits per heavy atom. The van der Waals surface area contributed by atoms with E-state index in [0.717, 1.165) is 6.07 Å². The van der Waals surface area contributed by atoms with Crippen LogP contribution in [0.4, 0.5) is 0 Å². The van der Waals surface area contributed by atoms with Crippen molar-refractivity contribution in [3.05, 3.63) is 47.0 Å². The summed E-state index contributed by atoms with van der Waals surface area (Å²) in [6.45, 7) is 2.88. The normalized spacial score (nSPS) is 12.1. The van der Waals surface area contributed by atoms with E-state index in [2.05, 4.69) is 0 Å². The average Bonchev–Trinajstić information content (AvgIpc) is 2.41. The molecule has 0 saturated carbocycles. The van der Waals surface area contributed by atoms with Crippen LogP contribution in [0.1, 0.15) is 29.5 Å². The Morgan fingerprint density at radius 3 is 2.14 bits per heavy atom. The number of hydrogen-bond acceptors (Lipinski definition) is 5. The molecule has 2 aromatic rings. The molecule has 4 N–H and O–H groups in total. The van der Waals surface area contributed by atoms with Gasteiger partial charge in [-0.15, -0.1) is 0 Å². The summed E-state index contributed by atoms with van der Waals surface area (Å²) >= 11 is 0. The maximum atomic E-state index is 12.0. The average molecular weight is 288 g/mol. The first-order valence-electron chi connectivity index (χ1n) is 6.36. The van der Waals surface area contributed by atoms with Crippen LogP contribution in [0.15, 0.2) is 30.3 Å². The van der Waals surface area contributed by atoms with Gasteiger partial charge in [-0.3, -0.25) is 4.79 Å². The Balaban J connectivity index is 2.65. The number of hydrogen-bond donors (Lipinski definition) is 4. The molecule has 2 aromatic carbocycles. The Kier molecular flexibility index (Phi) is 3.76. The lowest BCUT2D eigenvalue weighted by Gasteiger charge is -2.19. The lowest BCUT2D eigenvalue weighted by molar-refractivity contribution is -0.117. The Morgan fingerprint density at radius 1 is 0.952 bits per heavy atom. The lowest BCUT2D eigenvalue weighted by Crippen LogP contribution is -2.11. The number of carbonyl (C=O) groups is 1. The molecule has 110 valence electrons. The van der Waals surface area contributed by atoms with E-state index in [-0.39, 0.29) is 39.9 Å². The molecule has 1 unspecified atom stereocenters. The lowest BCUT2D eigenvalue weighted by atomic mass is 9.86. The van der Waals surface area contributed by atoms with E-state index in [1.165, 1.54) is 38.1 Å². The van der Waals surface area contributed by atoms with Gasteiger partial charge >= 0.3 is 0 Å². The highest BCUT2D eigenvalue weighted by Gasteiger charge is 2.26. The molecular formula is C16H16O5. The molecule has 1 atom stereocenters. The van der Waals surface area contributed by atoms with Crippen molar-refractivity contribution in [1.82, 2.24) is 0 Å². The summed E-state index contributed by atoms with van der Waals surface area (Å²) in [7, 11) is 0. The fraction of sp³-hybridized carbons (Fsp3) is 0.188. The summed E-state index contributed by atoms with van der Waals surface area (Å²) in [6, 6.07) is 6.75. The zero-order valence-electron chi connectivity index (χ0n) is 11.7. The van der Waals surface area contributed by atoms with Crippen molar-refractivity contribution in [1.29, 1.82) is 0 Å². The smallest absolute Gasteiger partial charge is 0.141 e. The molecule has 0 spiro atoms. The van der Waals surface area contributed by atoms with Crippen LogP contribution in [0.5, 0.6) is 23.0 Å². The fourth-order valence-electron chi connectivity index (χ4n) is 2.33. The minimum Gasteiger partial charge on any atom is -0.508 e. The maximum Gasteiger partial charge on any atom is 0.141 e. The second-order valence-electron chi connectivity index (χ2n) is 4.93. The summed E-state index contributed by atoms with van der Waals surface area (Å²) < 4.78 is 0. The summed E-state index contributed by atoms with van der Waals surface area (Å²) in [6.07, 6.45) is 0. The molecule has 2 rings (SSSR count). The summed E-state index contributed by atoms with van der Waals surface area (Å²) in [5.74, 6) is -1.79. The number of rotatable bonds is 3. The predicted octanol–water partition coefficient (Wildman–Crippen LogP) is 2.54. The minimum absolute atomic E-state index is 0.0755. The SMILES string of the molecule is CC(=O)C(c1ccc(O)cc1O)c1ccc(O)c(C)c1O. The third kappa shape index (κ3) is 2.63. The van der Waals surface area contributed by atoms with Gasteiger partial charge in [-0.05, 0) is 26.0 Å². The van der Waals surface area contributed by atoms with E-state index in [9.17, 15) is 25.2 Å². The molecule has 0 aliphatic heterocycles. The molecule has 0 bridgehead atoms.